The van der Waals surface area contributed by atoms with E-state index in [-0.39, 0.29) is 11.5 Å². The van der Waals surface area contributed by atoms with Crippen LogP contribution < -0.4 is 0 Å². The van der Waals surface area contributed by atoms with Crippen LogP contribution in [0.5, 0.6) is 0 Å². The molecule has 3 rings (SSSR count). The lowest BCUT2D eigenvalue weighted by atomic mass is 9.89. The van der Waals surface area contributed by atoms with Gasteiger partial charge in [0.1, 0.15) is 5.69 Å². The van der Waals surface area contributed by atoms with Crippen molar-refractivity contribution in [3.8, 4) is 0 Å². The Morgan fingerprint density at radius 3 is 2.25 bits per heavy atom. The third kappa shape index (κ3) is 3.58. The number of hydrogen-bond donors (Lipinski definition) is 0. The van der Waals surface area contributed by atoms with E-state index < -0.39 is 11.9 Å². The van der Waals surface area contributed by atoms with Crippen LogP contribution in [0.25, 0.3) is 0 Å². The van der Waals surface area contributed by atoms with E-state index in [9.17, 15) is 18.0 Å². The number of hydrogen-bond acceptors (Lipinski definition) is 2. The van der Waals surface area contributed by atoms with Gasteiger partial charge in [0.2, 0.25) is 0 Å². The highest BCUT2D eigenvalue weighted by atomic mass is 19.4. The first-order valence-electron chi connectivity index (χ1n) is 7.82. The minimum absolute atomic E-state index is 0.196. The van der Waals surface area contributed by atoms with Crippen LogP contribution in [0.15, 0.2) is 48.7 Å². The number of rotatable bonds is 2. The Morgan fingerprint density at radius 1 is 1.04 bits per heavy atom. The molecule has 1 aromatic heterocycles. The summed E-state index contributed by atoms with van der Waals surface area (Å²) >= 11 is 0. The Morgan fingerprint density at radius 2 is 1.71 bits per heavy atom. The van der Waals surface area contributed by atoms with Crippen LogP contribution in [-0.2, 0) is 6.18 Å². The van der Waals surface area contributed by atoms with Crippen LogP contribution in [0.3, 0.4) is 0 Å². The zero-order valence-electron chi connectivity index (χ0n) is 13.0. The maximum absolute atomic E-state index is 12.5. The molecule has 0 bridgehead atoms. The highest BCUT2D eigenvalue weighted by molar-refractivity contribution is 5.94. The molecule has 1 saturated heterocycles. The van der Waals surface area contributed by atoms with Crippen molar-refractivity contribution in [1.82, 2.24) is 9.88 Å². The molecule has 1 aliphatic rings. The highest BCUT2D eigenvalue weighted by Crippen LogP contribution is 2.29. The minimum Gasteiger partial charge on any atom is -0.339 e. The molecule has 1 amide bonds. The molecule has 3 nitrogen and oxygen atoms in total. The molecule has 2 aromatic rings. The molecular weight excluding hydrogens is 317 g/mol. The van der Waals surface area contributed by atoms with Crippen molar-refractivity contribution in [3.63, 3.8) is 0 Å². The van der Waals surface area contributed by atoms with E-state index in [0.29, 0.717) is 19.0 Å². The van der Waals surface area contributed by atoms with Gasteiger partial charge in [-0.1, -0.05) is 30.3 Å². The zero-order valence-corrected chi connectivity index (χ0v) is 13.0. The molecule has 0 N–H and O–H groups in total. The highest BCUT2D eigenvalue weighted by Gasteiger charge is 2.32. The molecular formula is C18H17F3N2O. The molecule has 0 unspecified atom stereocenters. The lowest BCUT2D eigenvalue weighted by Crippen LogP contribution is -2.38. The van der Waals surface area contributed by atoms with Gasteiger partial charge in [-0.3, -0.25) is 9.78 Å². The number of piperidine rings is 1. The summed E-state index contributed by atoms with van der Waals surface area (Å²) in [5.41, 5.74) is 0.476. The van der Waals surface area contributed by atoms with E-state index in [2.05, 4.69) is 17.1 Å². The second-order valence-corrected chi connectivity index (χ2v) is 5.91. The molecule has 1 fully saturated rings. The molecule has 0 atom stereocenters. The van der Waals surface area contributed by atoms with Gasteiger partial charge in [0.25, 0.3) is 5.91 Å². The van der Waals surface area contributed by atoms with Crippen LogP contribution in [0.2, 0.25) is 0 Å². The van der Waals surface area contributed by atoms with Crippen molar-refractivity contribution in [2.75, 3.05) is 13.1 Å². The SMILES string of the molecule is O=C(c1ccc(C(F)(F)F)nc1)N1CCC(c2ccccc2)CC1. The third-order valence-corrected chi connectivity index (χ3v) is 4.35. The summed E-state index contributed by atoms with van der Waals surface area (Å²) < 4.78 is 37.6. The summed E-state index contributed by atoms with van der Waals surface area (Å²) in [6, 6.07) is 12.2. The van der Waals surface area contributed by atoms with Crippen LogP contribution in [0, 0.1) is 0 Å². The number of aromatic nitrogens is 1. The molecule has 0 saturated carbocycles. The first kappa shape index (κ1) is 16.5. The van der Waals surface area contributed by atoms with Gasteiger partial charge in [-0.2, -0.15) is 13.2 Å². The lowest BCUT2D eigenvalue weighted by Gasteiger charge is -2.32. The summed E-state index contributed by atoms with van der Waals surface area (Å²) in [5, 5.41) is 0. The van der Waals surface area contributed by atoms with Crippen LogP contribution in [-0.4, -0.2) is 28.9 Å². The Hall–Kier alpha value is -2.37. The summed E-state index contributed by atoms with van der Waals surface area (Å²) in [4.78, 5) is 17.4. The van der Waals surface area contributed by atoms with E-state index in [4.69, 9.17) is 0 Å². The van der Waals surface area contributed by atoms with E-state index in [1.54, 1.807) is 4.90 Å². The second-order valence-electron chi connectivity index (χ2n) is 5.91. The van der Waals surface area contributed by atoms with Crippen molar-refractivity contribution in [1.29, 1.82) is 0 Å². The molecule has 24 heavy (non-hydrogen) atoms. The molecule has 0 aliphatic carbocycles. The molecule has 0 radical (unpaired) electrons. The smallest absolute Gasteiger partial charge is 0.339 e. The van der Waals surface area contributed by atoms with E-state index in [1.165, 1.54) is 11.6 Å². The van der Waals surface area contributed by atoms with Gasteiger partial charge in [0, 0.05) is 19.3 Å². The fourth-order valence-corrected chi connectivity index (χ4v) is 3.01. The Labute approximate surface area is 138 Å². The van der Waals surface area contributed by atoms with Crippen molar-refractivity contribution in [2.24, 2.45) is 0 Å². The largest absolute Gasteiger partial charge is 0.433 e. The number of pyridine rings is 1. The van der Waals surface area contributed by atoms with E-state index in [1.807, 2.05) is 18.2 Å². The number of carbonyl (C=O) groups is 1. The Bertz CT molecular complexity index is 690. The number of halogens is 3. The van der Waals surface area contributed by atoms with Gasteiger partial charge in [0.15, 0.2) is 0 Å². The molecule has 6 heteroatoms. The normalized spacial score (nSPS) is 16.2. The fraction of sp³-hybridized carbons (Fsp3) is 0.333. The molecule has 126 valence electrons. The topological polar surface area (TPSA) is 33.2 Å². The summed E-state index contributed by atoms with van der Waals surface area (Å²) in [6.45, 7) is 1.19. The van der Waals surface area contributed by atoms with Gasteiger partial charge < -0.3 is 4.90 Å². The number of alkyl halides is 3. The summed E-state index contributed by atoms with van der Waals surface area (Å²) in [7, 11) is 0. The average molecular weight is 334 g/mol. The van der Waals surface area contributed by atoms with Gasteiger partial charge in [0.05, 0.1) is 5.56 Å². The van der Waals surface area contributed by atoms with Crippen molar-refractivity contribution in [3.05, 3.63) is 65.5 Å². The number of amides is 1. The van der Waals surface area contributed by atoms with Crippen molar-refractivity contribution >= 4 is 5.91 Å². The van der Waals surface area contributed by atoms with Crippen LogP contribution in [0.1, 0.15) is 40.4 Å². The van der Waals surface area contributed by atoms with Gasteiger partial charge >= 0.3 is 6.18 Å². The Kier molecular flexibility index (Phi) is 4.55. The summed E-state index contributed by atoms with van der Waals surface area (Å²) in [6.07, 6.45) is -1.78. The van der Waals surface area contributed by atoms with Crippen LogP contribution >= 0.6 is 0 Å². The lowest BCUT2D eigenvalue weighted by molar-refractivity contribution is -0.141. The Balaban J connectivity index is 1.63. The predicted octanol–water partition coefficient (Wildman–Crippen LogP) is 4.12. The van der Waals surface area contributed by atoms with Crippen LogP contribution in [0.4, 0.5) is 13.2 Å². The van der Waals surface area contributed by atoms with Crippen molar-refractivity contribution < 1.29 is 18.0 Å². The fourth-order valence-electron chi connectivity index (χ4n) is 3.01. The van der Waals surface area contributed by atoms with Crippen molar-refractivity contribution in [2.45, 2.75) is 24.9 Å². The molecule has 0 spiro atoms. The van der Waals surface area contributed by atoms with E-state index in [0.717, 1.165) is 25.1 Å². The number of nitrogens with zero attached hydrogens (tertiary/aromatic N) is 2. The van der Waals surface area contributed by atoms with Gasteiger partial charge in [-0.05, 0) is 36.5 Å². The zero-order chi connectivity index (χ0) is 17.2. The third-order valence-electron chi connectivity index (χ3n) is 4.35. The van der Waals surface area contributed by atoms with Gasteiger partial charge in [-0.15, -0.1) is 0 Å². The standard InChI is InChI=1S/C18H17F3N2O/c19-18(20,21)16-7-6-15(12-22-16)17(24)23-10-8-14(9-11-23)13-4-2-1-3-5-13/h1-7,12,14H,8-11H2. The second kappa shape index (κ2) is 6.63. The quantitative estimate of drug-likeness (QED) is 0.828. The first-order valence-corrected chi connectivity index (χ1v) is 7.82. The minimum atomic E-state index is -4.49. The molecule has 2 heterocycles. The number of benzene rings is 1. The maximum Gasteiger partial charge on any atom is 0.433 e. The van der Waals surface area contributed by atoms with Gasteiger partial charge in [-0.25, -0.2) is 0 Å². The monoisotopic (exact) mass is 334 g/mol. The maximum atomic E-state index is 12.5. The molecule has 1 aliphatic heterocycles. The molecule has 1 aromatic carbocycles. The number of likely N-dealkylation sites (tertiary alicyclic amines) is 1. The van der Waals surface area contributed by atoms with E-state index >= 15 is 0 Å². The average Bonchev–Trinajstić information content (AvgIpc) is 2.61. The number of carbonyl (C=O) groups excluding carboxylic acids is 1. The summed E-state index contributed by atoms with van der Waals surface area (Å²) in [5.74, 6) is 0.156. The first-order chi connectivity index (χ1) is 11.4. The predicted molar refractivity (Wildman–Crippen MR) is 83.6 cm³/mol.